The Morgan fingerprint density at radius 2 is 2.00 bits per heavy atom. The van der Waals surface area contributed by atoms with E-state index in [9.17, 15) is 0 Å². The van der Waals surface area contributed by atoms with Crippen molar-refractivity contribution in [1.29, 1.82) is 5.26 Å². The van der Waals surface area contributed by atoms with Gasteiger partial charge < -0.3 is 10.2 Å². The molecule has 3 nitrogen and oxygen atoms in total. The van der Waals surface area contributed by atoms with E-state index in [1.807, 2.05) is 0 Å². The van der Waals surface area contributed by atoms with Gasteiger partial charge in [0.1, 0.15) is 0 Å². The predicted molar refractivity (Wildman–Crippen MR) is 81.0 cm³/mol. The van der Waals surface area contributed by atoms with Crippen LogP contribution in [-0.4, -0.2) is 37.6 Å². The number of nitrogens with one attached hydrogen (secondary N) is 1. The van der Waals surface area contributed by atoms with Gasteiger partial charge in [-0.1, -0.05) is 20.8 Å². The fourth-order valence-electron chi connectivity index (χ4n) is 2.62. The average Bonchev–Trinajstić information content (AvgIpc) is 2.38. The molecule has 0 amide bonds. The van der Waals surface area contributed by atoms with Crippen LogP contribution in [0.1, 0.15) is 52.9 Å². The van der Waals surface area contributed by atoms with E-state index in [2.05, 4.69) is 37.1 Å². The molecule has 0 aliphatic carbocycles. The molecule has 1 rings (SSSR count). The van der Waals surface area contributed by atoms with Gasteiger partial charge in [-0.3, -0.25) is 0 Å². The minimum atomic E-state index is 0.246. The summed E-state index contributed by atoms with van der Waals surface area (Å²) in [6.07, 6.45) is 5.63. The van der Waals surface area contributed by atoms with Crippen LogP contribution in [0.5, 0.6) is 0 Å². The van der Waals surface area contributed by atoms with Gasteiger partial charge in [0.2, 0.25) is 0 Å². The van der Waals surface area contributed by atoms with Gasteiger partial charge in [-0.05, 0) is 63.2 Å². The zero-order chi connectivity index (χ0) is 14.1. The Kier molecular flexibility index (Phi) is 7.41. The van der Waals surface area contributed by atoms with Gasteiger partial charge >= 0.3 is 0 Å². The van der Waals surface area contributed by atoms with Crippen LogP contribution in [0, 0.1) is 22.7 Å². The minimum absolute atomic E-state index is 0.246. The molecular weight excluding hydrogens is 234 g/mol. The van der Waals surface area contributed by atoms with Crippen molar-refractivity contribution in [2.45, 2.75) is 52.9 Å². The summed E-state index contributed by atoms with van der Waals surface area (Å²) in [7, 11) is 0. The molecule has 0 aromatic rings. The Bertz CT molecular complexity index is 272. The maximum atomic E-state index is 8.63. The zero-order valence-corrected chi connectivity index (χ0v) is 13.0. The molecule has 3 heteroatoms. The van der Waals surface area contributed by atoms with Gasteiger partial charge in [-0.25, -0.2) is 0 Å². The van der Waals surface area contributed by atoms with E-state index < -0.39 is 0 Å². The largest absolute Gasteiger partial charge is 0.316 e. The first-order valence-corrected chi connectivity index (χ1v) is 7.83. The molecule has 0 atom stereocenters. The molecule has 1 fully saturated rings. The first kappa shape index (κ1) is 16.5. The maximum Gasteiger partial charge on any atom is 0.0621 e. The van der Waals surface area contributed by atoms with Crippen molar-refractivity contribution in [2.75, 3.05) is 32.7 Å². The van der Waals surface area contributed by atoms with E-state index in [-0.39, 0.29) is 5.41 Å². The Balaban J connectivity index is 2.00. The fourth-order valence-corrected chi connectivity index (χ4v) is 2.62. The first-order valence-electron chi connectivity index (χ1n) is 7.83. The molecule has 1 saturated heterocycles. The molecule has 0 saturated carbocycles. The van der Waals surface area contributed by atoms with Gasteiger partial charge in [0.15, 0.2) is 0 Å². The number of rotatable bonds is 8. The normalized spacial score (nSPS) is 18.4. The standard InChI is InChI=1S/C16H31N3/c1-15-6-12-19(13-7-15)11-5-10-18-14-16(2,3)8-4-9-17/h15,18H,4-8,10-14H2,1-3H3. The molecule has 0 spiro atoms. The second-order valence-electron chi connectivity index (χ2n) is 6.88. The Labute approximate surface area is 119 Å². The number of nitrogens with zero attached hydrogens (tertiary/aromatic N) is 2. The number of hydrogen-bond acceptors (Lipinski definition) is 3. The SMILES string of the molecule is CC1CCN(CCCNCC(C)(C)CCC#N)CC1. The fraction of sp³-hybridized carbons (Fsp3) is 0.938. The lowest BCUT2D eigenvalue weighted by Crippen LogP contribution is -2.36. The predicted octanol–water partition coefficient (Wildman–Crippen LogP) is 3.03. The molecule has 0 aromatic carbocycles. The molecule has 0 aromatic heterocycles. The number of nitriles is 1. The van der Waals surface area contributed by atoms with Crippen LogP contribution in [0.3, 0.4) is 0 Å². The van der Waals surface area contributed by atoms with Crippen LogP contribution in [0.15, 0.2) is 0 Å². The van der Waals surface area contributed by atoms with Crippen molar-refractivity contribution < 1.29 is 0 Å². The highest BCUT2D eigenvalue weighted by Gasteiger charge is 2.17. The third kappa shape index (κ3) is 7.54. The van der Waals surface area contributed by atoms with Crippen molar-refractivity contribution in [2.24, 2.45) is 11.3 Å². The second-order valence-corrected chi connectivity index (χ2v) is 6.88. The summed E-state index contributed by atoms with van der Waals surface area (Å²) in [4.78, 5) is 2.60. The van der Waals surface area contributed by atoms with E-state index in [0.29, 0.717) is 6.42 Å². The van der Waals surface area contributed by atoms with Crippen molar-refractivity contribution in [3.05, 3.63) is 0 Å². The van der Waals surface area contributed by atoms with Crippen molar-refractivity contribution >= 4 is 0 Å². The van der Waals surface area contributed by atoms with E-state index in [4.69, 9.17) is 5.26 Å². The molecule has 1 aliphatic heterocycles. The molecule has 0 bridgehead atoms. The Morgan fingerprint density at radius 3 is 2.63 bits per heavy atom. The summed E-state index contributed by atoms with van der Waals surface area (Å²) in [6, 6.07) is 2.24. The molecule has 110 valence electrons. The van der Waals surface area contributed by atoms with Crippen LogP contribution >= 0.6 is 0 Å². The van der Waals surface area contributed by atoms with Crippen LogP contribution < -0.4 is 5.32 Å². The van der Waals surface area contributed by atoms with Gasteiger partial charge in [0, 0.05) is 13.0 Å². The molecule has 1 heterocycles. The van der Waals surface area contributed by atoms with Crippen molar-refractivity contribution in [3.8, 4) is 6.07 Å². The Hall–Kier alpha value is -0.590. The Morgan fingerprint density at radius 1 is 1.32 bits per heavy atom. The molecule has 0 radical (unpaired) electrons. The van der Waals surface area contributed by atoms with Gasteiger partial charge in [0.25, 0.3) is 0 Å². The molecule has 1 aliphatic rings. The van der Waals surface area contributed by atoms with Gasteiger partial charge in [0.05, 0.1) is 6.07 Å². The molecular formula is C16H31N3. The molecule has 0 unspecified atom stereocenters. The highest BCUT2D eigenvalue weighted by molar-refractivity contribution is 4.78. The lowest BCUT2D eigenvalue weighted by Gasteiger charge is -2.30. The number of hydrogen-bond donors (Lipinski definition) is 1. The topological polar surface area (TPSA) is 39.1 Å². The smallest absolute Gasteiger partial charge is 0.0621 e. The molecule has 1 N–H and O–H groups in total. The van der Waals surface area contributed by atoms with Crippen molar-refractivity contribution in [3.63, 3.8) is 0 Å². The van der Waals surface area contributed by atoms with Gasteiger partial charge in [-0.2, -0.15) is 5.26 Å². The van der Waals surface area contributed by atoms with E-state index in [0.717, 1.165) is 25.4 Å². The summed E-state index contributed by atoms with van der Waals surface area (Å²) < 4.78 is 0. The van der Waals surface area contributed by atoms with Crippen LogP contribution in [-0.2, 0) is 0 Å². The lowest BCUT2D eigenvalue weighted by atomic mass is 9.88. The number of likely N-dealkylation sites (tertiary alicyclic amines) is 1. The third-order valence-electron chi connectivity index (χ3n) is 4.22. The summed E-state index contributed by atoms with van der Waals surface area (Å²) in [5, 5.41) is 12.2. The van der Waals surface area contributed by atoms with Crippen LogP contribution in [0.2, 0.25) is 0 Å². The van der Waals surface area contributed by atoms with E-state index in [1.54, 1.807) is 0 Å². The maximum absolute atomic E-state index is 8.63. The highest BCUT2D eigenvalue weighted by atomic mass is 15.1. The average molecular weight is 265 g/mol. The quantitative estimate of drug-likeness (QED) is 0.686. The van der Waals surface area contributed by atoms with Crippen LogP contribution in [0.4, 0.5) is 0 Å². The lowest BCUT2D eigenvalue weighted by molar-refractivity contribution is 0.189. The van der Waals surface area contributed by atoms with Crippen molar-refractivity contribution in [1.82, 2.24) is 10.2 Å². The van der Waals surface area contributed by atoms with E-state index in [1.165, 1.54) is 38.9 Å². The molecule has 19 heavy (non-hydrogen) atoms. The summed E-state index contributed by atoms with van der Waals surface area (Å²) >= 11 is 0. The minimum Gasteiger partial charge on any atom is -0.316 e. The first-order chi connectivity index (χ1) is 9.03. The monoisotopic (exact) mass is 265 g/mol. The highest BCUT2D eigenvalue weighted by Crippen LogP contribution is 2.20. The van der Waals surface area contributed by atoms with Crippen LogP contribution in [0.25, 0.3) is 0 Å². The second kappa shape index (κ2) is 8.55. The number of piperidine rings is 1. The third-order valence-corrected chi connectivity index (χ3v) is 4.22. The summed E-state index contributed by atoms with van der Waals surface area (Å²) in [5.74, 6) is 0.926. The zero-order valence-electron chi connectivity index (χ0n) is 13.0. The van der Waals surface area contributed by atoms with Gasteiger partial charge in [-0.15, -0.1) is 0 Å². The summed E-state index contributed by atoms with van der Waals surface area (Å²) in [5.41, 5.74) is 0.246. The summed E-state index contributed by atoms with van der Waals surface area (Å²) in [6.45, 7) is 12.8. The van der Waals surface area contributed by atoms with E-state index >= 15 is 0 Å².